The molecule has 0 aliphatic carbocycles. The Labute approximate surface area is 117 Å². The lowest BCUT2D eigenvalue weighted by Gasteiger charge is -2.20. The Kier molecular flexibility index (Phi) is 3.57. The highest BCUT2D eigenvalue weighted by molar-refractivity contribution is 6.01. The average molecular weight is 277 g/mol. The molecule has 0 aliphatic rings. The van der Waals surface area contributed by atoms with Gasteiger partial charge in [-0.2, -0.15) is 5.10 Å². The van der Waals surface area contributed by atoms with Gasteiger partial charge in [-0.1, -0.05) is 0 Å². The smallest absolute Gasteiger partial charge is 0.412 e. The molecule has 0 aliphatic heterocycles. The summed E-state index contributed by atoms with van der Waals surface area (Å²) in [5.41, 5.74) is 0.784. The zero-order valence-corrected chi connectivity index (χ0v) is 12.4. The standard InChI is InChI=1S/C14H19N3O3/c1-14(2,3)20-13(18)15-12-9-8-17(4)16-10(9)6-7-11(12)19-5/h6-8H,1-5H3,(H,15,18). The average Bonchev–Trinajstić information content (AvgIpc) is 2.68. The van der Waals surface area contributed by atoms with Crippen LogP contribution in [0.3, 0.4) is 0 Å². The number of nitrogens with one attached hydrogen (secondary N) is 1. The van der Waals surface area contributed by atoms with Crippen molar-refractivity contribution in [2.75, 3.05) is 12.4 Å². The topological polar surface area (TPSA) is 65.4 Å². The summed E-state index contributed by atoms with van der Waals surface area (Å²) in [6.07, 6.45) is 1.30. The number of aromatic nitrogens is 2. The third-order valence-electron chi connectivity index (χ3n) is 2.61. The number of benzene rings is 1. The predicted octanol–water partition coefficient (Wildman–Crippen LogP) is 2.93. The van der Waals surface area contributed by atoms with E-state index in [1.807, 2.05) is 40.1 Å². The van der Waals surface area contributed by atoms with Crippen molar-refractivity contribution in [1.29, 1.82) is 0 Å². The summed E-state index contributed by atoms with van der Waals surface area (Å²) in [5.74, 6) is 0.566. The second-order valence-corrected chi connectivity index (χ2v) is 5.51. The summed E-state index contributed by atoms with van der Waals surface area (Å²) < 4.78 is 12.2. The van der Waals surface area contributed by atoms with Gasteiger partial charge in [0.25, 0.3) is 0 Å². The number of ether oxygens (including phenoxy) is 2. The molecule has 0 radical (unpaired) electrons. The van der Waals surface area contributed by atoms with Crippen LogP contribution >= 0.6 is 0 Å². The predicted molar refractivity (Wildman–Crippen MR) is 77.1 cm³/mol. The number of fused-ring (bicyclic) bond motifs is 1. The highest BCUT2D eigenvalue weighted by atomic mass is 16.6. The van der Waals surface area contributed by atoms with Gasteiger partial charge in [-0.15, -0.1) is 0 Å². The van der Waals surface area contributed by atoms with Crippen LogP contribution in [0.4, 0.5) is 10.5 Å². The quantitative estimate of drug-likeness (QED) is 0.916. The summed E-state index contributed by atoms with van der Waals surface area (Å²) in [6.45, 7) is 5.44. The van der Waals surface area contributed by atoms with Gasteiger partial charge in [0, 0.05) is 18.6 Å². The first-order valence-corrected chi connectivity index (χ1v) is 6.30. The lowest BCUT2D eigenvalue weighted by molar-refractivity contribution is 0.0635. The van der Waals surface area contributed by atoms with E-state index in [4.69, 9.17) is 9.47 Å². The number of anilines is 1. The maximum Gasteiger partial charge on any atom is 0.412 e. The number of nitrogens with zero attached hydrogens (tertiary/aromatic N) is 2. The van der Waals surface area contributed by atoms with Crippen LogP contribution in [0.2, 0.25) is 0 Å². The van der Waals surface area contributed by atoms with Gasteiger partial charge in [0.15, 0.2) is 0 Å². The Hall–Kier alpha value is -2.24. The van der Waals surface area contributed by atoms with E-state index in [2.05, 4.69) is 10.4 Å². The molecule has 108 valence electrons. The zero-order valence-electron chi connectivity index (χ0n) is 12.4. The van der Waals surface area contributed by atoms with Gasteiger partial charge in [0.05, 0.1) is 18.3 Å². The minimum Gasteiger partial charge on any atom is -0.495 e. The Morgan fingerprint density at radius 1 is 1.35 bits per heavy atom. The van der Waals surface area contributed by atoms with Gasteiger partial charge in [-0.25, -0.2) is 4.79 Å². The molecule has 0 spiro atoms. The Balaban J connectivity index is 2.38. The molecule has 0 fully saturated rings. The van der Waals surface area contributed by atoms with Crippen LogP contribution in [0.1, 0.15) is 20.8 Å². The lowest BCUT2D eigenvalue weighted by Crippen LogP contribution is -2.27. The second kappa shape index (κ2) is 5.03. The first-order chi connectivity index (χ1) is 9.30. The number of rotatable bonds is 2. The van der Waals surface area contributed by atoms with Crippen LogP contribution in [0.5, 0.6) is 5.75 Å². The molecular weight excluding hydrogens is 258 g/mol. The van der Waals surface area contributed by atoms with Crippen LogP contribution in [-0.2, 0) is 11.8 Å². The lowest BCUT2D eigenvalue weighted by atomic mass is 10.2. The SMILES string of the molecule is COc1ccc2nn(C)cc2c1NC(=O)OC(C)(C)C. The molecule has 1 amide bonds. The molecule has 6 nitrogen and oxygen atoms in total. The van der Waals surface area contributed by atoms with Gasteiger partial charge in [-0.3, -0.25) is 10.00 Å². The summed E-state index contributed by atoms with van der Waals surface area (Å²) >= 11 is 0. The normalized spacial score (nSPS) is 11.4. The molecule has 20 heavy (non-hydrogen) atoms. The number of methoxy groups -OCH3 is 1. The van der Waals surface area contributed by atoms with E-state index >= 15 is 0 Å². The van der Waals surface area contributed by atoms with Crippen molar-refractivity contribution < 1.29 is 14.3 Å². The van der Waals surface area contributed by atoms with Crippen LogP contribution in [-0.4, -0.2) is 28.6 Å². The summed E-state index contributed by atoms with van der Waals surface area (Å²) in [6, 6.07) is 3.61. The molecular formula is C14H19N3O3. The Bertz CT molecular complexity index is 641. The van der Waals surface area contributed by atoms with E-state index in [-0.39, 0.29) is 0 Å². The third-order valence-corrected chi connectivity index (χ3v) is 2.61. The van der Waals surface area contributed by atoms with E-state index in [9.17, 15) is 4.79 Å². The van der Waals surface area contributed by atoms with Crippen molar-refractivity contribution in [1.82, 2.24) is 9.78 Å². The molecule has 1 aromatic heterocycles. The van der Waals surface area contributed by atoms with E-state index < -0.39 is 11.7 Å². The van der Waals surface area contributed by atoms with Crippen molar-refractivity contribution in [2.45, 2.75) is 26.4 Å². The highest BCUT2D eigenvalue weighted by Gasteiger charge is 2.19. The monoisotopic (exact) mass is 277 g/mol. The van der Waals surface area contributed by atoms with Crippen LogP contribution < -0.4 is 10.1 Å². The van der Waals surface area contributed by atoms with E-state index in [0.717, 1.165) is 10.9 Å². The van der Waals surface area contributed by atoms with E-state index in [1.165, 1.54) is 0 Å². The zero-order chi connectivity index (χ0) is 14.9. The molecule has 0 saturated heterocycles. The highest BCUT2D eigenvalue weighted by Crippen LogP contribution is 2.32. The minimum atomic E-state index is -0.555. The van der Waals surface area contributed by atoms with Crippen molar-refractivity contribution in [3.05, 3.63) is 18.3 Å². The maximum atomic E-state index is 11.9. The molecule has 1 aromatic carbocycles. The fraction of sp³-hybridized carbons (Fsp3) is 0.429. The molecule has 2 rings (SSSR count). The molecule has 1 N–H and O–H groups in total. The first kappa shape index (κ1) is 14.2. The van der Waals surface area contributed by atoms with Crippen molar-refractivity contribution in [2.24, 2.45) is 7.05 Å². The second-order valence-electron chi connectivity index (χ2n) is 5.51. The molecule has 0 unspecified atom stereocenters. The number of aryl methyl sites for hydroxylation is 1. The van der Waals surface area contributed by atoms with Gasteiger partial charge in [0.1, 0.15) is 11.4 Å². The first-order valence-electron chi connectivity index (χ1n) is 6.30. The molecule has 1 heterocycles. The van der Waals surface area contributed by atoms with Gasteiger partial charge in [-0.05, 0) is 32.9 Å². The molecule has 6 heteroatoms. The molecule has 2 aromatic rings. The molecule has 0 saturated carbocycles. The van der Waals surface area contributed by atoms with E-state index in [1.54, 1.807) is 17.9 Å². The van der Waals surface area contributed by atoms with Crippen LogP contribution in [0.15, 0.2) is 18.3 Å². The van der Waals surface area contributed by atoms with Gasteiger partial charge in [0.2, 0.25) is 0 Å². The van der Waals surface area contributed by atoms with Gasteiger partial charge >= 0.3 is 6.09 Å². The number of hydrogen-bond acceptors (Lipinski definition) is 4. The fourth-order valence-electron chi connectivity index (χ4n) is 1.90. The van der Waals surface area contributed by atoms with Crippen molar-refractivity contribution in [3.8, 4) is 5.75 Å². The third kappa shape index (κ3) is 3.01. The summed E-state index contributed by atoms with van der Waals surface area (Å²) in [5, 5.41) is 7.84. The number of amides is 1. The van der Waals surface area contributed by atoms with Crippen molar-refractivity contribution in [3.63, 3.8) is 0 Å². The fourth-order valence-corrected chi connectivity index (χ4v) is 1.90. The summed E-state index contributed by atoms with van der Waals surface area (Å²) in [4.78, 5) is 11.9. The van der Waals surface area contributed by atoms with Crippen LogP contribution in [0.25, 0.3) is 10.9 Å². The van der Waals surface area contributed by atoms with Crippen molar-refractivity contribution >= 4 is 22.7 Å². The number of hydrogen-bond donors (Lipinski definition) is 1. The largest absolute Gasteiger partial charge is 0.495 e. The number of carbonyl (C=O) groups is 1. The molecule has 0 atom stereocenters. The van der Waals surface area contributed by atoms with Crippen LogP contribution in [0, 0.1) is 0 Å². The summed E-state index contributed by atoms with van der Waals surface area (Å²) in [7, 11) is 3.38. The Morgan fingerprint density at radius 2 is 2.05 bits per heavy atom. The van der Waals surface area contributed by atoms with Gasteiger partial charge < -0.3 is 9.47 Å². The number of carbonyl (C=O) groups excluding carboxylic acids is 1. The molecule has 0 bridgehead atoms. The maximum absolute atomic E-state index is 11.9. The minimum absolute atomic E-state index is 0.521. The Morgan fingerprint density at radius 3 is 2.65 bits per heavy atom. The van der Waals surface area contributed by atoms with E-state index in [0.29, 0.717) is 11.4 Å².